The Morgan fingerprint density at radius 3 is 2.29 bits per heavy atom. The van der Waals surface area contributed by atoms with Crippen LogP contribution in [0.3, 0.4) is 0 Å². The molecule has 0 aromatic heterocycles. The van der Waals surface area contributed by atoms with Crippen molar-refractivity contribution in [3.05, 3.63) is 11.4 Å². The molecule has 1 atom stereocenters. The summed E-state index contributed by atoms with van der Waals surface area (Å²) < 4.78 is 10.0. The van der Waals surface area contributed by atoms with Crippen molar-refractivity contribution in [2.24, 2.45) is 0 Å². The Morgan fingerprint density at radius 1 is 1.86 bits per heavy atom. The van der Waals surface area contributed by atoms with Gasteiger partial charge in [0.05, 0.1) is 0 Å². The molecule has 40 valence electrons. The van der Waals surface area contributed by atoms with E-state index in [9.17, 15) is 4.57 Å². The Bertz CT molecular complexity index is 106. The van der Waals surface area contributed by atoms with E-state index in [4.69, 9.17) is 4.89 Å². The largest absolute Gasteiger partial charge is 0.540 e. The van der Waals surface area contributed by atoms with Gasteiger partial charge in [0.25, 0.3) is 0 Å². The smallest absolute Gasteiger partial charge is 0.156 e. The van der Waals surface area contributed by atoms with Crippen LogP contribution in [0, 0.1) is 0 Å². The molecule has 0 fully saturated rings. The van der Waals surface area contributed by atoms with Crippen LogP contribution in [0.25, 0.3) is 0 Å². The van der Waals surface area contributed by atoms with Gasteiger partial charge in [0.15, 0.2) is 5.31 Å². The number of rotatable bonds is 1. The summed E-state index contributed by atoms with van der Waals surface area (Å²) in [7, 11) is -2.05. The lowest BCUT2D eigenvalue weighted by Gasteiger charge is -1.68. The van der Waals surface area contributed by atoms with Crippen molar-refractivity contribution >= 4 is 8.03 Å². The second-order valence-corrected chi connectivity index (χ2v) is 2.45. The maximum atomic E-state index is 10.0. The standard InChI is InChI=1S/C4H7O2P/c1-3-4(2)7(5)6/h3H,1-2H3/p+1/b4-3+. The molecule has 0 amide bonds. The SMILES string of the molecule is C/C=C(\C)[P+](=O)O. The molecule has 3 heteroatoms. The number of hydrogen-bond acceptors (Lipinski definition) is 1. The van der Waals surface area contributed by atoms with Crippen LogP contribution in [0.4, 0.5) is 0 Å². The maximum absolute atomic E-state index is 10.0. The molecule has 1 unspecified atom stereocenters. The van der Waals surface area contributed by atoms with E-state index in [-0.39, 0.29) is 0 Å². The molecule has 0 saturated carbocycles. The predicted molar refractivity (Wildman–Crippen MR) is 29.3 cm³/mol. The van der Waals surface area contributed by atoms with E-state index < -0.39 is 8.03 Å². The van der Waals surface area contributed by atoms with Crippen LogP contribution in [0.15, 0.2) is 11.4 Å². The zero-order chi connectivity index (χ0) is 5.86. The van der Waals surface area contributed by atoms with Gasteiger partial charge in [0.1, 0.15) is 0 Å². The summed E-state index contributed by atoms with van der Waals surface area (Å²) >= 11 is 0. The van der Waals surface area contributed by atoms with Crippen molar-refractivity contribution in [1.29, 1.82) is 0 Å². The second-order valence-electron chi connectivity index (χ2n) is 1.20. The molecule has 0 aromatic carbocycles. The summed E-state index contributed by atoms with van der Waals surface area (Å²) in [4.78, 5) is 8.26. The van der Waals surface area contributed by atoms with Gasteiger partial charge in [-0.2, -0.15) is 4.89 Å². The predicted octanol–water partition coefficient (Wildman–Crippen LogP) is 1.64. The third-order valence-corrected chi connectivity index (χ3v) is 1.58. The molecule has 2 nitrogen and oxygen atoms in total. The van der Waals surface area contributed by atoms with E-state index in [1.54, 1.807) is 19.9 Å². The highest BCUT2D eigenvalue weighted by Gasteiger charge is 2.10. The average Bonchev–Trinajstić information content (AvgIpc) is 1.65. The minimum absolute atomic E-state index is 0.537. The summed E-state index contributed by atoms with van der Waals surface area (Å²) in [6.45, 7) is 3.36. The van der Waals surface area contributed by atoms with Crippen molar-refractivity contribution < 1.29 is 9.46 Å². The van der Waals surface area contributed by atoms with E-state index in [1.165, 1.54) is 0 Å². The topological polar surface area (TPSA) is 37.3 Å². The van der Waals surface area contributed by atoms with Gasteiger partial charge in [-0.25, -0.2) is 0 Å². The Morgan fingerprint density at radius 2 is 2.29 bits per heavy atom. The van der Waals surface area contributed by atoms with Crippen LogP contribution >= 0.6 is 8.03 Å². The Labute approximate surface area is 43.7 Å². The molecular weight excluding hydrogens is 111 g/mol. The fourth-order valence-corrected chi connectivity index (χ4v) is 0.331. The van der Waals surface area contributed by atoms with Gasteiger partial charge in [-0.3, -0.25) is 0 Å². The van der Waals surface area contributed by atoms with Crippen LogP contribution in [0.2, 0.25) is 0 Å². The Kier molecular flexibility index (Phi) is 2.81. The lowest BCUT2D eigenvalue weighted by Crippen LogP contribution is -1.59. The zero-order valence-electron chi connectivity index (χ0n) is 4.38. The van der Waals surface area contributed by atoms with Crippen LogP contribution in [-0.2, 0) is 4.57 Å². The van der Waals surface area contributed by atoms with Crippen molar-refractivity contribution in [3.63, 3.8) is 0 Å². The average molecular weight is 119 g/mol. The van der Waals surface area contributed by atoms with Gasteiger partial charge >= 0.3 is 8.03 Å². The lowest BCUT2D eigenvalue weighted by molar-refractivity contribution is 0.509. The summed E-state index contributed by atoms with van der Waals surface area (Å²) in [5.41, 5.74) is 0. The quantitative estimate of drug-likeness (QED) is 0.533. The molecule has 0 spiro atoms. The molecule has 0 heterocycles. The summed E-state index contributed by atoms with van der Waals surface area (Å²) in [6, 6.07) is 0. The van der Waals surface area contributed by atoms with Gasteiger partial charge in [-0.05, 0) is 17.6 Å². The van der Waals surface area contributed by atoms with Crippen molar-refractivity contribution in [2.45, 2.75) is 13.8 Å². The Hall–Kier alpha value is -0.200. The van der Waals surface area contributed by atoms with Crippen molar-refractivity contribution in [2.75, 3.05) is 0 Å². The highest BCUT2D eigenvalue weighted by molar-refractivity contribution is 7.43. The molecule has 0 aromatic rings. The highest BCUT2D eigenvalue weighted by atomic mass is 31.1. The van der Waals surface area contributed by atoms with Crippen LogP contribution < -0.4 is 0 Å². The summed E-state index contributed by atoms with van der Waals surface area (Å²) in [5.74, 6) is 0. The summed E-state index contributed by atoms with van der Waals surface area (Å²) in [6.07, 6.45) is 1.62. The molecule has 0 bridgehead atoms. The maximum Gasteiger partial charge on any atom is 0.540 e. The minimum Gasteiger partial charge on any atom is -0.156 e. The van der Waals surface area contributed by atoms with Crippen LogP contribution in [-0.4, -0.2) is 4.89 Å². The molecule has 0 aliphatic heterocycles. The molecular formula is C4H8O2P+. The van der Waals surface area contributed by atoms with Crippen LogP contribution in [0.1, 0.15) is 13.8 Å². The van der Waals surface area contributed by atoms with E-state index in [2.05, 4.69) is 0 Å². The fourth-order valence-electron chi connectivity index (χ4n) is 0.110. The molecule has 0 aliphatic carbocycles. The van der Waals surface area contributed by atoms with E-state index in [0.29, 0.717) is 5.31 Å². The third kappa shape index (κ3) is 2.49. The van der Waals surface area contributed by atoms with Crippen molar-refractivity contribution in [3.8, 4) is 0 Å². The van der Waals surface area contributed by atoms with Gasteiger partial charge in [-0.1, -0.05) is 0 Å². The minimum atomic E-state index is -2.05. The summed E-state index contributed by atoms with van der Waals surface area (Å²) in [5, 5.41) is 0.537. The number of hydrogen-bond donors (Lipinski definition) is 1. The van der Waals surface area contributed by atoms with Crippen molar-refractivity contribution in [1.82, 2.24) is 0 Å². The highest BCUT2D eigenvalue weighted by Crippen LogP contribution is 2.24. The first-order valence-corrected chi connectivity index (χ1v) is 3.18. The fraction of sp³-hybridized carbons (Fsp3) is 0.500. The van der Waals surface area contributed by atoms with Gasteiger partial charge in [0, 0.05) is 6.92 Å². The number of allylic oxidation sites excluding steroid dienone is 2. The second kappa shape index (κ2) is 2.89. The lowest BCUT2D eigenvalue weighted by atomic mass is 10.6. The monoisotopic (exact) mass is 119 g/mol. The van der Waals surface area contributed by atoms with E-state index in [1.807, 2.05) is 0 Å². The van der Waals surface area contributed by atoms with E-state index >= 15 is 0 Å². The van der Waals surface area contributed by atoms with Gasteiger partial charge in [-0.15, -0.1) is 0 Å². The first-order chi connectivity index (χ1) is 3.18. The molecule has 7 heavy (non-hydrogen) atoms. The Balaban J connectivity index is 3.82. The zero-order valence-corrected chi connectivity index (χ0v) is 5.27. The molecule has 1 N–H and O–H groups in total. The third-order valence-electron chi connectivity index (χ3n) is 0.720. The molecule has 0 aliphatic rings. The van der Waals surface area contributed by atoms with E-state index in [0.717, 1.165) is 0 Å². The first-order valence-electron chi connectivity index (χ1n) is 1.97. The van der Waals surface area contributed by atoms with Gasteiger partial charge in [0.2, 0.25) is 0 Å². The van der Waals surface area contributed by atoms with Crippen LogP contribution in [0.5, 0.6) is 0 Å². The normalized spacial score (nSPS) is 14.1. The molecule has 0 radical (unpaired) electrons. The van der Waals surface area contributed by atoms with Gasteiger partial charge < -0.3 is 0 Å². The molecule has 0 saturated heterocycles. The molecule has 0 rings (SSSR count). The first kappa shape index (κ1) is 6.80.